The molecule has 2 heterocycles. The van der Waals surface area contributed by atoms with Crippen LogP contribution in [0.25, 0.3) is 0 Å². The van der Waals surface area contributed by atoms with E-state index in [0.717, 1.165) is 43.6 Å². The van der Waals surface area contributed by atoms with Crippen LogP contribution in [0.2, 0.25) is 0 Å². The van der Waals surface area contributed by atoms with E-state index in [1.54, 1.807) is 13.1 Å². The van der Waals surface area contributed by atoms with Gasteiger partial charge in [0.1, 0.15) is 0 Å². The lowest BCUT2D eigenvalue weighted by Gasteiger charge is -2.41. The van der Waals surface area contributed by atoms with Gasteiger partial charge in [-0.15, -0.1) is 0 Å². The summed E-state index contributed by atoms with van der Waals surface area (Å²) >= 11 is 0. The maximum Gasteiger partial charge on any atom is 0.211 e. The summed E-state index contributed by atoms with van der Waals surface area (Å²) < 4.78 is 27.2. The minimum atomic E-state index is -3.22. The van der Waals surface area contributed by atoms with Gasteiger partial charge in [0.15, 0.2) is 0 Å². The summed E-state index contributed by atoms with van der Waals surface area (Å²) in [6.45, 7) is 3.62. The second kappa shape index (κ2) is 6.67. The number of hydrogen-bond acceptors (Lipinski definition) is 4. The zero-order chi connectivity index (χ0) is 18.2. The van der Waals surface area contributed by atoms with E-state index in [1.165, 1.54) is 5.56 Å². The molecule has 1 aromatic carbocycles. The van der Waals surface area contributed by atoms with E-state index >= 15 is 0 Å². The first kappa shape index (κ1) is 17.5. The Hall–Kier alpha value is -1.92. The molecule has 0 amide bonds. The van der Waals surface area contributed by atoms with Crippen molar-refractivity contribution in [3.63, 3.8) is 0 Å². The Morgan fingerprint density at radius 2 is 1.96 bits per heavy atom. The molecule has 1 aliphatic carbocycles. The van der Waals surface area contributed by atoms with Gasteiger partial charge in [0, 0.05) is 30.7 Å². The van der Waals surface area contributed by atoms with Crippen molar-refractivity contribution in [2.45, 2.75) is 37.6 Å². The Kier molecular flexibility index (Phi) is 4.49. The smallest absolute Gasteiger partial charge is 0.211 e. The SMILES string of the molecule is CCS(=O)(=O)NC1CC2(CCN(c3cccnc3)CC2)c2ccccc21. The van der Waals surface area contributed by atoms with Gasteiger partial charge in [0.05, 0.1) is 17.6 Å². The van der Waals surface area contributed by atoms with Crippen LogP contribution in [0, 0.1) is 0 Å². The maximum atomic E-state index is 12.1. The van der Waals surface area contributed by atoms with Gasteiger partial charge in [-0.3, -0.25) is 4.98 Å². The van der Waals surface area contributed by atoms with E-state index in [4.69, 9.17) is 0 Å². The molecule has 138 valence electrons. The minimum Gasteiger partial charge on any atom is -0.370 e. The molecule has 0 bridgehead atoms. The molecule has 2 aromatic rings. The predicted molar refractivity (Wildman–Crippen MR) is 104 cm³/mol. The highest BCUT2D eigenvalue weighted by molar-refractivity contribution is 7.89. The van der Waals surface area contributed by atoms with Gasteiger partial charge < -0.3 is 4.90 Å². The lowest BCUT2D eigenvalue weighted by molar-refractivity contribution is 0.310. The number of piperidine rings is 1. The Morgan fingerprint density at radius 3 is 2.65 bits per heavy atom. The molecule has 0 radical (unpaired) electrons. The van der Waals surface area contributed by atoms with E-state index in [-0.39, 0.29) is 17.2 Å². The number of nitrogens with zero attached hydrogens (tertiary/aromatic N) is 2. The summed E-state index contributed by atoms with van der Waals surface area (Å²) in [4.78, 5) is 6.61. The largest absolute Gasteiger partial charge is 0.370 e. The van der Waals surface area contributed by atoms with E-state index < -0.39 is 10.0 Å². The number of rotatable bonds is 4. The molecule has 0 saturated carbocycles. The van der Waals surface area contributed by atoms with Crippen LogP contribution in [0.4, 0.5) is 5.69 Å². The number of benzene rings is 1. The van der Waals surface area contributed by atoms with Gasteiger partial charge in [0.25, 0.3) is 0 Å². The number of anilines is 1. The summed E-state index contributed by atoms with van der Waals surface area (Å²) in [5.74, 6) is 0.119. The zero-order valence-electron chi connectivity index (χ0n) is 15.1. The highest BCUT2D eigenvalue weighted by Gasteiger charge is 2.46. The third-order valence-electron chi connectivity index (χ3n) is 5.94. The number of nitrogens with one attached hydrogen (secondary N) is 1. The summed E-state index contributed by atoms with van der Waals surface area (Å²) in [6, 6.07) is 12.3. The minimum absolute atomic E-state index is 0.0657. The fourth-order valence-corrected chi connectivity index (χ4v) is 5.32. The Labute approximate surface area is 155 Å². The molecular weight excluding hydrogens is 346 g/mol. The van der Waals surface area contributed by atoms with Crippen molar-refractivity contribution < 1.29 is 8.42 Å². The molecule has 1 unspecified atom stereocenters. The van der Waals surface area contributed by atoms with Crippen LogP contribution in [0.1, 0.15) is 43.4 Å². The van der Waals surface area contributed by atoms with Gasteiger partial charge in [-0.25, -0.2) is 13.1 Å². The Balaban J connectivity index is 1.58. The van der Waals surface area contributed by atoms with Gasteiger partial charge in [-0.05, 0) is 49.4 Å². The van der Waals surface area contributed by atoms with Crippen LogP contribution in [0.3, 0.4) is 0 Å². The fourth-order valence-electron chi connectivity index (χ4n) is 4.51. The molecule has 1 atom stereocenters. The Bertz CT molecular complexity index is 875. The molecular formula is C20H25N3O2S. The molecule has 26 heavy (non-hydrogen) atoms. The average molecular weight is 372 g/mol. The first-order chi connectivity index (χ1) is 12.5. The fraction of sp³-hybridized carbons (Fsp3) is 0.450. The van der Waals surface area contributed by atoms with Crippen LogP contribution in [0.5, 0.6) is 0 Å². The molecule has 1 aliphatic heterocycles. The van der Waals surface area contributed by atoms with Crippen molar-refractivity contribution in [2.75, 3.05) is 23.7 Å². The van der Waals surface area contributed by atoms with Crippen molar-refractivity contribution in [1.29, 1.82) is 0 Å². The average Bonchev–Trinajstić information content (AvgIpc) is 2.96. The number of pyridine rings is 1. The van der Waals surface area contributed by atoms with Gasteiger partial charge in [-0.2, -0.15) is 0 Å². The number of hydrogen-bond donors (Lipinski definition) is 1. The van der Waals surface area contributed by atoms with Gasteiger partial charge in [0.2, 0.25) is 10.0 Å². The van der Waals surface area contributed by atoms with Crippen LogP contribution in [0.15, 0.2) is 48.8 Å². The maximum absolute atomic E-state index is 12.1. The van der Waals surface area contributed by atoms with Crippen molar-refractivity contribution >= 4 is 15.7 Å². The first-order valence-electron chi connectivity index (χ1n) is 9.27. The lowest BCUT2D eigenvalue weighted by atomic mass is 9.73. The van der Waals surface area contributed by atoms with Gasteiger partial charge in [-0.1, -0.05) is 24.3 Å². The van der Waals surface area contributed by atoms with E-state index in [9.17, 15) is 8.42 Å². The molecule has 1 spiro atoms. The molecule has 1 aromatic heterocycles. The molecule has 1 N–H and O–H groups in total. The van der Waals surface area contributed by atoms with E-state index in [2.05, 4.69) is 38.9 Å². The topological polar surface area (TPSA) is 62.3 Å². The highest BCUT2D eigenvalue weighted by atomic mass is 32.2. The van der Waals surface area contributed by atoms with Crippen molar-refractivity contribution in [1.82, 2.24) is 9.71 Å². The van der Waals surface area contributed by atoms with E-state index in [1.807, 2.05) is 18.3 Å². The Morgan fingerprint density at radius 1 is 1.19 bits per heavy atom. The number of sulfonamides is 1. The third kappa shape index (κ3) is 3.12. The van der Waals surface area contributed by atoms with Crippen LogP contribution < -0.4 is 9.62 Å². The van der Waals surface area contributed by atoms with E-state index in [0.29, 0.717) is 0 Å². The standard InChI is InChI=1S/C20H25N3O2S/c1-2-26(24,25)22-19-14-20(18-8-4-3-7-17(18)19)9-12-23(13-10-20)16-6-5-11-21-15-16/h3-8,11,15,19,22H,2,9-10,12-14H2,1H3. The quantitative estimate of drug-likeness (QED) is 0.897. The summed E-state index contributed by atoms with van der Waals surface area (Å²) in [5.41, 5.74) is 3.71. The van der Waals surface area contributed by atoms with Crippen LogP contribution >= 0.6 is 0 Å². The molecule has 2 aliphatic rings. The zero-order valence-corrected chi connectivity index (χ0v) is 15.9. The predicted octanol–water partition coefficient (Wildman–Crippen LogP) is 3.00. The molecule has 4 rings (SSSR count). The second-order valence-electron chi connectivity index (χ2n) is 7.34. The van der Waals surface area contributed by atoms with Crippen LogP contribution in [-0.2, 0) is 15.4 Å². The van der Waals surface area contributed by atoms with Gasteiger partial charge >= 0.3 is 0 Å². The van der Waals surface area contributed by atoms with Crippen molar-refractivity contribution in [2.24, 2.45) is 0 Å². The third-order valence-corrected chi connectivity index (χ3v) is 7.34. The summed E-state index contributed by atoms with van der Waals surface area (Å²) in [6.07, 6.45) is 6.63. The normalized spacial score (nSPS) is 21.7. The number of fused-ring (bicyclic) bond motifs is 2. The molecule has 1 fully saturated rings. The van der Waals surface area contributed by atoms with Crippen molar-refractivity contribution in [3.05, 3.63) is 59.9 Å². The second-order valence-corrected chi connectivity index (χ2v) is 9.39. The number of aromatic nitrogens is 1. The summed E-state index contributed by atoms with van der Waals surface area (Å²) in [5, 5.41) is 0. The van der Waals surface area contributed by atoms with Crippen molar-refractivity contribution in [3.8, 4) is 0 Å². The highest BCUT2D eigenvalue weighted by Crippen LogP contribution is 2.51. The molecule has 5 nitrogen and oxygen atoms in total. The molecule has 1 saturated heterocycles. The molecule has 6 heteroatoms. The summed E-state index contributed by atoms with van der Waals surface area (Å²) in [7, 11) is -3.22. The van der Waals surface area contributed by atoms with Crippen LogP contribution in [-0.4, -0.2) is 32.2 Å². The first-order valence-corrected chi connectivity index (χ1v) is 10.9. The monoisotopic (exact) mass is 371 g/mol. The lowest BCUT2D eigenvalue weighted by Crippen LogP contribution is -2.42.